The van der Waals surface area contributed by atoms with Gasteiger partial charge in [-0.05, 0) is 25.2 Å². The molecule has 0 amide bonds. The fourth-order valence-corrected chi connectivity index (χ4v) is 2.69. The van der Waals surface area contributed by atoms with Gasteiger partial charge in [0.15, 0.2) is 0 Å². The molecule has 1 heterocycles. The average Bonchev–Trinajstić information content (AvgIpc) is 2.30. The van der Waals surface area contributed by atoms with Crippen molar-refractivity contribution in [3.05, 3.63) is 22.2 Å². The summed E-state index contributed by atoms with van der Waals surface area (Å²) < 4.78 is 0. The molecule has 0 aromatic carbocycles. The van der Waals surface area contributed by atoms with Gasteiger partial charge in [0.05, 0.1) is 0 Å². The van der Waals surface area contributed by atoms with Gasteiger partial charge in [-0.25, -0.2) is 4.98 Å². The van der Waals surface area contributed by atoms with Gasteiger partial charge in [-0.1, -0.05) is 32.6 Å². The topological polar surface area (TPSA) is 57.8 Å². The zero-order chi connectivity index (χ0) is 13.0. The molecule has 2 rings (SSSR count). The van der Waals surface area contributed by atoms with Crippen LogP contribution in [0.25, 0.3) is 0 Å². The number of aromatic amines is 1. The monoisotopic (exact) mass is 249 g/mol. The van der Waals surface area contributed by atoms with Crippen LogP contribution in [0.5, 0.6) is 0 Å². The second kappa shape index (κ2) is 6.03. The van der Waals surface area contributed by atoms with Gasteiger partial charge in [-0.2, -0.15) is 0 Å². The van der Waals surface area contributed by atoms with E-state index in [-0.39, 0.29) is 5.56 Å². The van der Waals surface area contributed by atoms with E-state index in [9.17, 15) is 4.79 Å². The summed E-state index contributed by atoms with van der Waals surface area (Å²) in [7, 11) is 0. The fourth-order valence-electron chi connectivity index (χ4n) is 2.69. The molecule has 100 valence electrons. The van der Waals surface area contributed by atoms with Gasteiger partial charge in [-0.3, -0.25) is 4.79 Å². The maximum absolute atomic E-state index is 11.3. The van der Waals surface area contributed by atoms with Crippen molar-refractivity contribution in [3.8, 4) is 0 Å². The number of H-pyrrole nitrogens is 1. The van der Waals surface area contributed by atoms with Gasteiger partial charge in [0.1, 0.15) is 11.6 Å². The third-order valence-corrected chi connectivity index (χ3v) is 3.85. The number of nitrogens with one attached hydrogen (secondary N) is 2. The molecule has 1 aromatic heterocycles. The summed E-state index contributed by atoms with van der Waals surface area (Å²) in [6.45, 7) is 5.06. The molecule has 0 saturated heterocycles. The summed E-state index contributed by atoms with van der Waals surface area (Å²) >= 11 is 0. The second-order valence-corrected chi connectivity index (χ2v) is 5.56. The summed E-state index contributed by atoms with van der Waals surface area (Å²) in [5, 5.41) is 3.25. The van der Waals surface area contributed by atoms with E-state index in [1.807, 2.05) is 0 Å². The molecule has 0 atom stereocenters. The first-order chi connectivity index (χ1) is 8.63. The molecule has 4 heteroatoms. The molecule has 1 saturated carbocycles. The van der Waals surface area contributed by atoms with Gasteiger partial charge < -0.3 is 10.3 Å². The van der Waals surface area contributed by atoms with Crippen LogP contribution >= 0.6 is 0 Å². The molecule has 1 aromatic rings. The molecule has 1 aliphatic rings. The zero-order valence-corrected chi connectivity index (χ0v) is 11.3. The Labute approximate surface area is 108 Å². The largest absolute Gasteiger partial charge is 0.370 e. The average molecular weight is 249 g/mol. The quantitative estimate of drug-likeness (QED) is 0.862. The Morgan fingerprint density at radius 1 is 1.39 bits per heavy atom. The van der Waals surface area contributed by atoms with Crippen LogP contribution in [0.15, 0.2) is 10.9 Å². The number of aryl methyl sites for hydroxylation is 1. The highest BCUT2D eigenvalue weighted by molar-refractivity contribution is 5.32. The molecule has 0 aliphatic heterocycles. The summed E-state index contributed by atoms with van der Waals surface area (Å²) in [5.74, 6) is 3.11. The lowest BCUT2D eigenvalue weighted by Crippen LogP contribution is -2.17. The van der Waals surface area contributed by atoms with Crippen LogP contribution in [0.2, 0.25) is 0 Å². The highest BCUT2D eigenvalue weighted by Gasteiger charge is 2.17. The normalized spacial score (nSPS) is 23.9. The Kier molecular flexibility index (Phi) is 4.39. The molecule has 1 aliphatic carbocycles. The number of anilines is 1. The van der Waals surface area contributed by atoms with Gasteiger partial charge >= 0.3 is 0 Å². The molecule has 2 N–H and O–H groups in total. The van der Waals surface area contributed by atoms with Crippen molar-refractivity contribution in [1.82, 2.24) is 9.97 Å². The maximum atomic E-state index is 11.3. The predicted molar refractivity (Wildman–Crippen MR) is 73.8 cm³/mol. The van der Waals surface area contributed by atoms with E-state index in [0.29, 0.717) is 11.6 Å². The molecule has 0 radical (unpaired) electrons. The third-order valence-electron chi connectivity index (χ3n) is 3.85. The minimum atomic E-state index is -0.0866. The third kappa shape index (κ3) is 3.86. The first kappa shape index (κ1) is 13.1. The molecular weight excluding hydrogens is 226 g/mol. The smallest absolute Gasteiger partial charge is 0.252 e. The maximum Gasteiger partial charge on any atom is 0.252 e. The number of nitrogens with zero attached hydrogens (tertiary/aromatic N) is 1. The van der Waals surface area contributed by atoms with Gasteiger partial charge in [-0.15, -0.1) is 0 Å². The molecule has 0 spiro atoms. The lowest BCUT2D eigenvalue weighted by Gasteiger charge is -2.26. The van der Waals surface area contributed by atoms with E-state index in [0.717, 1.165) is 18.4 Å². The fraction of sp³-hybridized carbons (Fsp3) is 0.714. The first-order valence-corrected chi connectivity index (χ1v) is 6.95. The highest BCUT2D eigenvalue weighted by Crippen LogP contribution is 2.30. The Balaban J connectivity index is 1.76. The van der Waals surface area contributed by atoms with Gasteiger partial charge in [0.2, 0.25) is 0 Å². The van der Waals surface area contributed by atoms with E-state index in [4.69, 9.17) is 0 Å². The lowest BCUT2D eigenvalue weighted by molar-refractivity contribution is 0.282. The van der Waals surface area contributed by atoms with Crippen molar-refractivity contribution < 1.29 is 0 Å². The van der Waals surface area contributed by atoms with E-state index >= 15 is 0 Å². The van der Waals surface area contributed by atoms with E-state index in [2.05, 4.69) is 22.2 Å². The predicted octanol–water partition coefficient (Wildman–Crippen LogP) is 2.71. The van der Waals surface area contributed by atoms with E-state index in [1.165, 1.54) is 38.2 Å². The highest BCUT2D eigenvalue weighted by atomic mass is 16.1. The minimum absolute atomic E-state index is 0.0866. The summed E-state index contributed by atoms with van der Waals surface area (Å²) in [4.78, 5) is 18.2. The summed E-state index contributed by atoms with van der Waals surface area (Å²) in [6, 6.07) is 1.52. The standard InChI is InChI=1S/C14H23N3O/c1-10-3-5-12(6-4-10)7-8-15-13-9-14(18)17-11(2)16-13/h9-10,12H,3-8H2,1-2H3,(H2,15,16,17,18). The summed E-state index contributed by atoms with van der Waals surface area (Å²) in [5.41, 5.74) is -0.0866. The van der Waals surface area contributed by atoms with Crippen LogP contribution in [0.4, 0.5) is 5.82 Å². The molecule has 0 bridgehead atoms. The molecular formula is C14H23N3O. The molecule has 1 fully saturated rings. The van der Waals surface area contributed by atoms with Crippen LogP contribution in [-0.2, 0) is 0 Å². The zero-order valence-electron chi connectivity index (χ0n) is 11.3. The van der Waals surface area contributed by atoms with E-state index in [1.54, 1.807) is 6.92 Å². The molecule has 18 heavy (non-hydrogen) atoms. The Morgan fingerprint density at radius 3 is 2.78 bits per heavy atom. The molecule has 4 nitrogen and oxygen atoms in total. The van der Waals surface area contributed by atoms with Crippen molar-refractivity contribution in [1.29, 1.82) is 0 Å². The number of hydrogen-bond donors (Lipinski definition) is 2. The second-order valence-electron chi connectivity index (χ2n) is 5.56. The SMILES string of the molecule is Cc1nc(NCCC2CCC(C)CC2)cc(=O)[nH]1. The molecule has 0 unspecified atom stereocenters. The Bertz CT molecular complexity index is 433. The number of aromatic nitrogens is 2. The summed E-state index contributed by atoms with van der Waals surface area (Å²) in [6.07, 6.45) is 6.62. The van der Waals surface area contributed by atoms with Crippen LogP contribution < -0.4 is 10.9 Å². The Hall–Kier alpha value is -1.32. The number of rotatable bonds is 4. The minimum Gasteiger partial charge on any atom is -0.370 e. The van der Waals surface area contributed by atoms with E-state index < -0.39 is 0 Å². The van der Waals surface area contributed by atoms with Crippen LogP contribution in [-0.4, -0.2) is 16.5 Å². The van der Waals surface area contributed by atoms with Crippen molar-refractivity contribution in [2.75, 3.05) is 11.9 Å². The van der Waals surface area contributed by atoms with Gasteiger partial charge in [0.25, 0.3) is 5.56 Å². The Morgan fingerprint density at radius 2 is 2.11 bits per heavy atom. The lowest BCUT2D eigenvalue weighted by atomic mass is 9.81. The van der Waals surface area contributed by atoms with Crippen molar-refractivity contribution in [2.24, 2.45) is 11.8 Å². The van der Waals surface area contributed by atoms with Crippen molar-refractivity contribution in [2.45, 2.75) is 46.0 Å². The van der Waals surface area contributed by atoms with Crippen molar-refractivity contribution in [3.63, 3.8) is 0 Å². The van der Waals surface area contributed by atoms with Crippen molar-refractivity contribution >= 4 is 5.82 Å². The van der Waals surface area contributed by atoms with Crippen LogP contribution in [0, 0.1) is 18.8 Å². The van der Waals surface area contributed by atoms with Gasteiger partial charge in [0, 0.05) is 12.6 Å². The van der Waals surface area contributed by atoms with Crippen LogP contribution in [0.3, 0.4) is 0 Å². The first-order valence-electron chi connectivity index (χ1n) is 6.95. The number of hydrogen-bond acceptors (Lipinski definition) is 3. The van der Waals surface area contributed by atoms with Crippen LogP contribution in [0.1, 0.15) is 44.9 Å².